The topological polar surface area (TPSA) is 78.1 Å². The van der Waals surface area contributed by atoms with Crippen molar-refractivity contribution < 1.29 is 0 Å². The highest BCUT2D eigenvalue weighted by atomic mass is 14.4. The van der Waals surface area contributed by atoms with Crippen molar-refractivity contribution in [1.29, 1.82) is 0 Å². The van der Waals surface area contributed by atoms with Gasteiger partial charge in [0.15, 0.2) is 0 Å². The Kier molecular flexibility index (Phi) is 125000. The Morgan fingerprint density at radius 2 is 0.400 bits per heavy atom. The fourth-order valence-electron chi connectivity index (χ4n) is 0. The van der Waals surface area contributed by atoms with E-state index in [1.54, 1.807) is 0 Å². The molecule has 0 aliphatic heterocycles. The Morgan fingerprint density at radius 3 is 0.400 bits per heavy atom. The van der Waals surface area contributed by atoms with Gasteiger partial charge in [-0.1, -0.05) is 27.7 Å². The first-order valence-corrected chi connectivity index (χ1v) is 3.73. The van der Waals surface area contributed by atoms with Crippen molar-refractivity contribution in [3.63, 3.8) is 0 Å². The van der Waals surface area contributed by atoms with Crippen molar-refractivity contribution in [2.75, 3.05) is 21.1 Å². The Balaban J connectivity index is -0.0000000104. The molecule has 0 fully saturated rings. The van der Waals surface area contributed by atoms with Crippen LogP contribution in [0.15, 0.2) is 0 Å². The van der Waals surface area contributed by atoms with Gasteiger partial charge in [-0.05, 0) is 21.1 Å². The molecule has 0 aliphatic rings. The summed E-state index contributed by atoms with van der Waals surface area (Å²) in [6.45, 7) is 8.00. The molecule has 0 saturated heterocycles. The van der Waals surface area contributed by atoms with Crippen molar-refractivity contribution in [3.8, 4) is 0 Å². The lowest BCUT2D eigenvalue weighted by atomic mass is 11.0. The zero-order chi connectivity index (χ0) is 10.0. The molecule has 0 amide bonds. The van der Waals surface area contributed by atoms with Crippen molar-refractivity contribution in [3.05, 3.63) is 0 Å². The zero-order valence-corrected chi connectivity index (χ0v) is 8.73. The number of nitrogens with two attached hydrogens (primary N) is 3. The summed E-state index contributed by atoms with van der Waals surface area (Å²) in [6.07, 6.45) is 0. The highest BCUT2D eigenvalue weighted by Gasteiger charge is 0.934. The summed E-state index contributed by atoms with van der Waals surface area (Å²) in [4.78, 5) is 0. The van der Waals surface area contributed by atoms with Crippen LogP contribution in [-0.4, -0.2) is 21.1 Å². The fraction of sp³-hybridized carbons (Fsp3) is 1.00. The molecule has 0 atom stereocenters. The van der Waals surface area contributed by atoms with Crippen LogP contribution in [0.5, 0.6) is 0 Å². The summed E-state index contributed by atoms with van der Waals surface area (Å²) in [5.74, 6) is 0. The normalized spacial score (nSPS) is 3.00. The highest BCUT2D eigenvalue weighted by molar-refractivity contribution is 3.54. The van der Waals surface area contributed by atoms with Crippen LogP contribution >= 0.6 is 0 Å². The van der Waals surface area contributed by atoms with E-state index in [4.69, 9.17) is 0 Å². The molecule has 0 radical (unpaired) electrons. The summed E-state index contributed by atoms with van der Waals surface area (Å²) in [7, 11) is 4.50. The molecule has 0 aromatic heterocycles. The van der Waals surface area contributed by atoms with Crippen LogP contribution in [0.2, 0.25) is 0 Å². The maximum absolute atomic E-state index is 4.50. The van der Waals surface area contributed by atoms with Gasteiger partial charge < -0.3 is 17.2 Å². The molecule has 3 heteroatoms. The molecule has 0 heterocycles. The summed E-state index contributed by atoms with van der Waals surface area (Å²) in [6, 6.07) is 0. The third-order valence-electron chi connectivity index (χ3n) is 0. The number of rotatable bonds is 0. The molecule has 0 saturated carbocycles. The van der Waals surface area contributed by atoms with E-state index in [-0.39, 0.29) is 0 Å². The first-order chi connectivity index (χ1) is 5.00. The van der Waals surface area contributed by atoms with Crippen LogP contribution in [-0.2, 0) is 0 Å². The standard InChI is InChI=1S/2C2H6.3CH5N/c5*1-2/h2*1-2H3;3*2H2,1H3. The molecule has 6 N–H and O–H groups in total. The van der Waals surface area contributed by atoms with Gasteiger partial charge in [0.1, 0.15) is 0 Å². The molecular weight excluding hydrogens is 126 g/mol. The molecule has 0 bridgehead atoms. The van der Waals surface area contributed by atoms with E-state index in [0.29, 0.717) is 0 Å². The van der Waals surface area contributed by atoms with Crippen LogP contribution in [0.3, 0.4) is 0 Å². The second-order valence-corrected chi connectivity index (χ2v) is 0. The predicted molar refractivity (Wildman–Crippen MR) is 53.0 cm³/mol. The van der Waals surface area contributed by atoms with Crippen molar-refractivity contribution in [2.24, 2.45) is 17.2 Å². The highest BCUT2D eigenvalue weighted by Crippen LogP contribution is 1.15. The van der Waals surface area contributed by atoms with Gasteiger partial charge in [0.25, 0.3) is 0 Å². The Bertz CT molecular complexity index is 8.81. The average molecular weight is 153 g/mol. The molecule has 0 aromatic carbocycles. The van der Waals surface area contributed by atoms with Gasteiger partial charge in [-0.25, -0.2) is 0 Å². The van der Waals surface area contributed by atoms with Gasteiger partial charge in [0.05, 0.1) is 0 Å². The monoisotopic (exact) mass is 153 g/mol. The second-order valence-electron chi connectivity index (χ2n) is 0. The van der Waals surface area contributed by atoms with E-state index in [2.05, 4.69) is 17.2 Å². The van der Waals surface area contributed by atoms with Crippen molar-refractivity contribution in [2.45, 2.75) is 27.7 Å². The quantitative estimate of drug-likeness (QED) is 0.481. The molecular formula is C7H27N3. The summed E-state index contributed by atoms with van der Waals surface area (Å²) >= 11 is 0. The van der Waals surface area contributed by atoms with Gasteiger partial charge >= 0.3 is 0 Å². The van der Waals surface area contributed by atoms with Crippen molar-refractivity contribution in [1.82, 2.24) is 0 Å². The molecule has 0 aromatic rings. The number of hydrogen-bond acceptors (Lipinski definition) is 3. The maximum atomic E-state index is 4.50. The van der Waals surface area contributed by atoms with E-state index in [1.807, 2.05) is 27.7 Å². The minimum atomic E-state index is 1.50. The second kappa shape index (κ2) is 38300. The van der Waals surface area contributed by atoms with Gasteiger partial charge in [0.2, 0.25) is 0 Å². The molecule has 0 aliphatic carbocycles. The van der Waals surface area contributed by atoms with Crippen LogP contribution in [0.1, 0.15) is 27.7 Å². The van der Waals surface area contributed by atoms with Crippen molar-refractivity contribution >= 4 is 0 Å². The lowest BCUT2D eigenvalue weighted by molar-refractivity contribution is 1.48. The first-order valence-electron chi connectivity index (χ1n) is 3.73. The van der Waals surface area contributed by atoms with E-state index in [0.717, 1.165) is 0 Å². The Labute approximate surface area is 67.0 Å². The molecule has 0 rings (SSSR count). The minimum Gasteiger partial charge on any atom is -0.333 e. The molecule has 3 nitrogen and oxygen atoms in total. The SMILES string of the molecule is CC.CC.CN.CN.CN. The minimum absolute atomic E-state index is 1.50. The van der Waals surface area contributed by atoms with Gasteiger partial charge in [-0.3, -0.25) is 0 Å². The lowest BCUT2D eigenvalue weighted by Gasteiger charge is -1.19. The first kappa shape index (κ1) is 32.7. The largest absolute Gasteiger partial charge is 0.333 e. The summed E-state index contributed by atoms with van der Waals surface area (Å²) < 4.78 is 0. The zero-order valence-electron chi connectivity index (χ0n) is 8.73. The Morgan fingerprint density at radius 1 is 0.400 bits per heavy atom. The van der Waals surface area contributed by atoms with E-state index < -0.39 is 0 Å². The third kappa shape index (κ3) is 25900. The summed E-state index contributed by atoms with van der Waals surface area (Å²) in [5.41, 5.74) is 13.5. The van der Waals surface area contributed by atoms with Crippen LogP contribution in [0.25, 0.3) is 0 Å². The van der Waals surface area contributed by atoms with E-state index >= 15 is 0 Å². The van der Waals surface area contributed by atoms with Crippen LogP contribution < -0.4 is 17.2 Å². The molecule has 70 valence electrons. The van der Waals surface area contributed by atoms with E-state index in [1.165, 1.54) is 21.1 Å². The molecule has 10 heavy (non-hydrogen) atoms. The lowest BCUT2D eigenvalue weighted by Crippen LogP contribution is -1.69. The van der Waals surface area contributed by atoms with E-state index in [9.17, 15) is 0 Å². The van der Waals surface area contributed by atoms with Gasteiger partial charge in [-0.15, -0.1) is 0 Å². The molecule has 0 unspecified atom stereocenters. The van der Waals surface area contributed by atoms with Gasteiger partial charge in [0, 0.05) is 0 Å². The molecule has 0 spiro atoms. The smallest absolute Gasteiger partial charge is 0.0195 e. The Hall–Kier alpha value is -0.120. The predicted octanol–water partition coefficient (Wildman–Crippen LogP) is 0.777. The average Bonchev–Trinajstić information content (AvgIpc) is 2.20. The number of hydrogen-bond donors (Lipinski definition) is 3. The van der Waals surface area contributed by atoms with Gasteiger partial charge in [-0.2, -0.15) is 0 Å². The third-order valence-corrected chi connectivity index (χ3v) is 0. The maximum Gasteiger partial charge on any atom is -0.0195 e. The fourth-order valence-corrected chi connectivity index (χ4v) is 0. The van der Waals surface area contributed by atoms with Crippen LogP contribution in [0, 0.1) is 0 Å². The van der Waals surface area contributed by atoms with Crippen LogP contribution in [0.4, 0.5) is 0 Å². The summed E-state index contributed by atoms with van der Waals surface area (Å²) in [5, 5.41) is 0.